The van der Waals surface area contributed by atoms with Gasteiger partial charge in [0.15, 0.2) is 0 Å². The van der Waals surface area contributed by atoms with E-state index in [-0.39, 0.29) is 24.0 Å². The molecule has 3 amide bonds. The molecule has 1 aliphatic heterocycles. The first-order chi connectivity index (χ1) is 14.9. The lowest BCUT2D eigenvalue weighted by Gasteiger charge is -2.32. The maximum absolute atomic E-state index is 12.7. The van der Waals surface area contributed by atoms with E-state index in [9.17, 15) is 9.59 Å². The van der Waals surface area contributed by atoms with Gasteiger partial charge in [0.25, 0.3) is 5.91 Å². The van der Waals surface area contributed by atoms with Crippen LogP contribution in [0.2, 0.25) is 0 Å². The first-order valence-electron chi connectivity index (χ1n) is 10.8. The second kappa shape index (κ2) is 10.8. The zero-order chi connectivity index (χ0) is 22.2. The van der Waals surface area contributed by atoms with Crippen LogP contribution in [0.4, 0.5) is 10.5 Å². The quantitative estimate of drug-likeness (QED) is 0.634. The number of anilines is 1. The van der Waals surface area contributed by atoms with Crippen molar-refractivity contribution in [2.45, 2.75) is 45.3 Å². The molecule has 2 aromatic carbocycles. The highest BCUT2D eigenvalue weighted by Gasteiger charge is 2.22. The van der Waals surface area contributed by atoms with Gasteiger partial charge < -0.3 is 20.7 Å². The average molecular weight is 425 g/mol. The van der Waals surface area contributed by atoms with E-state index < -0.39 is 0 Å². The molecule has 1 saturated heterocycles. The molecule has 0 bridgehead atoms. The standard InChI is InChI=1S/C24H32N4O3/c1-17(2)25-24(30)27-21-9-6-8-18(15-21)23(29)26-20-11-13-28(14-12-20)16-19-7-4-5-10-22(19)31-3/h4-10,15,17,20H,11-14,16H2,1-3H3,(H,26,29)(H2,25,27,30). The number of piperidine rings is 1. The highest BCUT2D eigenvalue weighted by atomic mass is 16.5. The van der Waals surface area contributed by atoms with E-state index in [1.165, 1.54) is 5.56 Å². The Labute approximate surface area is 184 Å². The van der Waals surface area contributed by atoms with Crippen molar-refractivity contribution < 1.29 is 14.3 Å². The van der Waals surface area contributed by atoms with E-state index in [0.717, 1.165) is 38.2 Å². The maximum Gasteiger partial charge on any atom is 0.319 e. The Morgan fingerprint density at radius 1 is 1.10 bits per heavy atom. The molecule has 3 rings (SSSR count). The molecule has 0 aromatic heterocycles. The number of likely N-dealkylation sites (tertiary alicyclic amines) is 1. The molecule has 1 aliphatic rings. The molecular weight excluding hydrogens is 392 g/mol. The van der Waals surface area contributed by atoms with Gasteiger partial charge in [-0.1, -0.05) is 24.3 Å². The third kappa shape index (κ3) is 6.72. The number of para-hydroxylation sites is 1. The van der Waals surface area contributed by atoms with Crippen LogP contribution in [0.1, 0.15) is 42.6 Å². The highest BCUT2D eigenvalue weighted by Crippen LogP contribution is 2.21. The van der Waals surface area contributed by atoms with E-state index in [1.54, 1.807) is 31.4 Å². The summed E-state index contributed by atoms with van der Waals surface area (Å²) in [6.07, 6.45) is 1.80. The number of carbonyl (C=O) groups is 2. The van der Waals surface area contributed by atoms with Crippen LogP contribution in [0.5, 0.6) is 5.75 Å². The minimum absolute atomic E-state index is 0.0420. The summed E-state index contributed by atoms with van der Waals surface area (Å²) in [6.45, 7) is 6.47. The molecule has 2 aromatic rings. The summed E-state index contributed by atoms with van der Waals surface area (Å²) < 4.78 is 5.45. The summed E-state index contributed by atoms with van der Waals surface area (Å²) >= 11 is 0. The Morgan fingerprint density at radius 3 is 2.55 bits per heavy atom. The van der Waals surface area contributed by atoms with Crippen molar-refractivity contribution in [3.63, 3.8) is 0 Å². The molecule has 0 radical (unpaired) electrons. The number of methoxy groups -OCH3 is 1. The SMILES string of the molecule is COc1ccccc1CN1CCC(NC(=O)c2cccc(NC(=O)NC(C)C)c2)CC1. The molecule has 3 N–H and O–H groups in total. The number of carbonyl (C=O) groups excluding carboxylic acids is 2. The predicted molar refractivity (Wildman–Crippen MR) is 122 cm³/mol. The van der Waals surface area contributed by atoms with Crippen molar-refractivity contribution >= 4 is 17.6 Å². The number of benzene rings is 2. The van der Waals surface area contributed by atoms with Gasteiger partial charge in [0.1, 0.15) is 5.75 Å². The molecule has 1 fully saturated rings. The third-order valence-corrected chi connectivity index (χ3v) is 5.31. The van der Waals surface area contributed by atoms with E-state index in [2.05, 4.69) is 26.9 Å². The number of hydrogen-bond donors (Lipinski definition) is 3. The monoisotopic (exact) mass is 424 g/mol. The Hall–Kier alpha value is -3.06. The van der Waals surface area contributed by atoms with Gasteiger partial charge in [0.2, 0.25) is 0 Å². The third-order valence-electron chi connectivity index (χ3n) is 5.31. The van der Waals surface area contributed by atoms with Crippen molar-refractivity contribution in [2.75, 3.05) is 25.5 Å². The van der Waals surface area contributed by atoms with Gasteiger partial charge in [-0.25, -0.2) is 4.79 Å². The maximum atomic E-state index is 12.7. The van der Waals surface area contributed by atoms with Gasteiger partial charge in [0, 0.05) is 48.5 Å². The molecule has 31 heavy (non-hydrogen) atoms. The number of nitrogens with zero attached hydrogens (tertiary/aromatic N) is 1. The highest BCUT2D eigenvalue weighted by molar-refractivity contribution is 5.97. The van der Waals surface area contributed by atoms with E-state index in [0.29, 0.717) is 11.3 Å². The number of urea groups is 1. The molecule has 7 nitrogen and oxygen atoms in total. The van der Waals surface area contributed by atoms with Gasteiger partial charge >= 0.3 is 6.03 Å². The minimum atomic E-state index is -0.282. The second-order valence-corrected chi connectivity index (χ2v) is 8.17. The lowest BCUT2D eigenvalue weighted by molar-refractivity contribution is 0.0908. The first kappa shape index (κ1) is 22.6. The van der Waals surface area contributed by atoms with E-state index in [1.807, 2.05) is 32.0 Å². The fourth-order valence-electron chi connectivity index (χ4n) is 3.75. The summed E-state index contributed by atoms with van der Waals surface area (Å²) in [5, 5.41) is 8.67. The van der Waals surface area contributed by atoms with Gasteiger partial charge in [-0.2, -0.15) is 0 Å². The minimum Gasteiger partial charge on any atom is -0.496 e. The van der Waals surface area contributed by atoms with Gasteiger partial charge in [-0.05, 0) is 51.0 Å². The first-order valence-corrected chi connectivity index (χ1v) is 10.8. The summed E-state index contributed by atoms with van der Waals surface area (Å²) in [5.41, 5.74) is 2.31. The van der Waals surface area contributed by atoms with Crippen LogP contribution in [-0.2, 0) is 6.54 Å². The van der Waals surface area contributed by atoms with Crippen LogP contribution in [-0.4, -0.2) is 49.1 Å². The van der Waals surface area contributed by atoms with Gasteiger partial charge in [-0.3, -0.25) is 9.69 Å². The summed E-state index contributed by atoms with van der Waals surface area (Å²) in [4.78, 5) is 27.0. The van der Waals surface area contributed by atoms with Crippen molar-refractivity contribution in [1.82, 2.24) is 15.5 Å². The predicted octanol–water partition coefficient (Wildman–Crippen LogP) is 3.62. The van der Waals surface area contributed by atoms with Crippen molar-refractivity contribution in [1.29, 1.82) is 0 Å². The van der Waals surface area contributed by atoms with Crippen LogP contribution in [0, 0.1) is 0 Å². The molecule has 0 saturated carbocycles. The van der Waals surface area contributed by atoms with Crippen LogP contribution in [0.3, 0.4) is 0 Å². The van der Waals surface area contributed by atoms with Gasteiger partial charge in [-0.15, -0.1) is 0 Å². The summed E-state index contributed by atoms with van der Waals surface area (Å²) in [7, 11) is 1.70. The van der Waals surface area contributed by atoms with Crippen molar-refractivity contribution in [3.8, 4) is 5.75 Å². The topological polar surface area (TPSA) is 82.7 Å². The molecule has 166 valence electrons. The normalized spacial score (nSPS) is 14.8. The zero-order valence-corrected chi connectivity index (χ0v) is 18.5. The fraction of sp³-hybridized carbons (Fsp3) is 0.417. The number of amides is 3. The lowest BCUT2D eigenvalue weighted by atomic mass is 10.0. The molecule has 0 atom stereocenters. The molecule has 0 spiro atoms. The lowest BCUT2D eigenvalue weighted by Crippen LogP contribution is -2.44. The zero-order valence-electron chi connectivity index (χ0n) is 18.5. The second-order valence-electron chi connectivity index (χ2n) is 8.17. The van der Waals surface area contributed by atoms with Crippen LogP contribution < -0.4 is 20.7 Å². The summed E-state index contributed by atoms with van der Waals surface area (Å²) in [6, 6.07) is 15.0. The van der Waals surface area contributed by atoms with Crippen LogP contribution in [0.15, 0.2) is 48.5 Å². The Bertz CT molecular complexity index is 892. The van der Waals surface area contributed by atoms with Gasteiger partial charge in [0.05, 0.1) is 7.11 Å². The average Bonchev–Trinajstić information content (AvgIpc) is 2.75. The van der Waals surface area contributed by atoms with Crippen molar-refractivity contribution in [2.24, 2.45) is 0 Å². The van der Waals surface area contributed by atoms with E-state index in [4.69, 9.17) is 4.74 Å². The Balaban J connectivity index is 1.50. The molecule has 0 unspecified atom stereocenters. The van der Waals surface area contributed by atoms with Crippen LogP contribution >= 0.6 is 0 Å². The Morgan fingerprint density at radius 2 is 1.84 bits per heavy atom. The molecule has 1 heterocycles. The number of hydrogen-bond acceptors (Lipinski definition) is 4. The number of ether oxygens (including phenoxy) is 1. The molecular formula is C24H32N4O3. The molecule has 0 aliphatic carbocycles. The van der Waals surface area contributed by atoms with Crippen LogP contribution in [0.25, 0.3) is 0 Å². The number of nitrogens with one attached hydrogen (secondary N) is 3. The fourth-order valence-corrected chi connectivity index (χ4v) is 3.75. The Kier molecular flexibility index (Phi) is 7.89. The number of rotatable bonds is 7. The van der Waals surface area contributed by atoms with E-state index >= 15 is 0 Å². The smallest absolute Gasteiger partial charge is 0.319 e. The largest absolute Gasteiger partial charge is 0.496 e. The summed E-state index contributed by atoms with van der Waals surface area (Å²) in [5.74, 6) is 0.796. The molecule has 7 heteroatoms. The van der Waals surface area contributed by atoms with Crippen molar-refractivity contribution in [3.05, 3.63) is 59.7 Å².